The predicted molar refractivity (Wildman–Crippen MR) is 133 cm³/mol. The Hall–Kier alpha value is -2.56. The molecule has 0 aromatic heterocycles. The molecule has 36 heavy (non-hydrogen) atoms. The molecule has 0 saturated carbocycles. The van der Waals surface area contributed by atoms with E-state index in [2.05, 4.69) is 4.72 Å². The van der Waals surface area contributed by atoms with Crippen LogP contribution in [0.4, 0.5) is 13.6 Å². The van der Waals surface area contributed by atoms with Crippen molar-refractivity contribution < 1.29 is 31.5 Å². The number of hydrogen-bond acceptors (Lipinski definition) is 5. The molecule has 1 amide bonds. The number of piperidine rings is 1. The number of likely N-dealkylation sites (tertiary alicyclic amines) is 1. The van der Waals surface area contributed by atoms with Crippen LogP contribution < -0.4 is 4.72 Å². The minimum Gasteiger partial charge on any atom is -0.444 e. The summed E-state index contributed by atoms with van der Waals surface area (Å²) in [6, 6.07) is 7.99. The van der Waals surface area contributed by atoms with Crippen molar-refractivity contribution in [3.63, 3.8) is 0 Å². The zero-order valence-electron chi connectivity index (χ0n) is 20.3. The molecule has 1 saturated heterocycles. The number of rotatable bonds is 7. The lowest BCUT2D eigenvalue weighted by molar-refractivity contribution is 0.0176. The highest BCUT2D eigenvalue weighted by Crippen LogP contribution is 2.29. The summed E-state index contributed by atoms with van der Waals surface area (Å²) in [4.78, 5) is 26.5. The molecule has 3 rings (SSSR count). The molecule has 0 radical (unpaired) electrons. The van der Waals surface area contributed by atoms with Crippen molar-refractivity contribution in [1.82, 2.24) is 9.62 Å². The zero-order valence-corrected chi connectivity index (χ0v) is 21.9. The van der Waals surface area contributed by atoms with Gasteiger partial charge in [-0.3, -0.25) is 4.79 Å². The average Bonchev–Trinajstić information content (AvgIpc) is 2.78. The Kier molecular flexibility index (Phi) is 8.74. The number of carbonyl (C=O) groups is 2. The first-order valence-corrected chi connectivity index (χ1v) is 13.5. The summed E-state index contributed by atoms with van der Waals surface area (Å²) in [5.74, 6) is -2.97. The zero-order chi connectivity index (χ0) is 26.7. The molecule has 0 bridgehead atoms. The van der Waals surface area contributed by atoms with E-state index >= 15 is 0 Å². The van der Waals surface area contributed by atoms with Crippen LogP contribution in [0.1, 0.15) is 44.0 Å². The van der Waals surface area contributed by atoms with Gasteiger partial charge in [0.25, 0.3) is 0 Å². The summed E-state index contributed by atoms with van der Waals surface area (Å²) < 4.78 is 61.1. The van der Waals surface area contributed by atoms with Crippen LogP contribution in [0.15, 0.2) is 36.4 Å². The Labute approximate surface area is 214 Å². The van der Waals surface area contributed by atoms with Crippen LogP contribution >= 0.6 is 11.6 Å². The molecule has 196 valence electrons. The van der Waals surface area contributed by atoms with Gasteiger partial charge in [0.2, 0.25) is 10.0 Å². The lowest BCUT2D eigenvalue weighted by Crippen LogP contribution is -2.45. The van der Waals surface area contributed by atoms with Gasteiger partial charge in [-0.05, 0) is 74.9 Å². The van der Waals surface area contributed by atoms with E-state index in [-0.39, 0.29) is 23.2 Å². The average molecular weight is 543 g/mol. The van der Waals surface area contributed by atoms with Crippen LogP contribution in [0.25, 0.3) is 11.1 Å². The Morgan fingerprint density at radius 3 is 2.56 bits per heavy atom. The first-order chi connectivity index (χ1) is 16.7. The highest BCUT2D eigenvalue weighted by molar-refractivity contribution is 7.89. The summed E-state index contributed by atoms with van der Waals surface area (Å²) in [6.45, 7) is 5.26. The van der Waals surface area contributed by atoms with Crippen molar-refractivity contribution in [2.24, 2.45) is 5.92 Å². The van der Waals surface area contributed by atoms with Crippen LogP contribution in [0.2, 0.25) is 5.02 Å². The van der Waals surface area contributed by atoms with Gasteiger partial charge in [0.05, 0.1) is 22.9 Å². The number of ether oxygens (including phenoxy) is 1. The second-order valence-electron chi connectivity index (χ2n) is 9.79. The number of carbonyl (C=O) groups excluding carboxylic acids is 2. The Morgan fingerprint density at radius 1 is 1.17 bits per heavy atom. The van der Waals surface area contributed by atoms with Gasteiger partial charge in [-0.2, -0.15) is 0 Å². The van der Waals surface area contributed by atoms with Crippen LogP contribution in [-0.4, -0.2) is 56.2 Å². The molecule has 1 fully saturated rings. The first kappa shape index (κ1) is 28.0. The largest absolute Gasteiger partial charge is 0.444 e. The maximum atomic E-state index is 14.6. The van der Waals surface area contributed by atoms with Crippen LogP contribution in [0, 0.1) is 17.6 Å². The van der Waals surface area contributed by atoms with E-state index < -0.39 is 51.2 Å². The van der Waals surface area contributed by atoms with Gasteiger partial charge in [0.15, 0.2) is 11.6 Å². The molecular formula is C25H29ClF2N2O5S. The molecule has 11 heteroatoms. The minimum absolute atomic E-state index is 0.212. The Bertz CT molecular complexity index is 1250. The number of amides is 1. The third kappa shape index (κ3) is 7.72. The summed E-state index contributed by atoms with van der Waals surface area (Å²) in [6.07, 6.45) is 0.710. The maximum absolute atomic E-state index is 14.6. The Morgan fingerprint density at radius 2 is 1.89 bits per heavy atom. The monoisotopic (exact) mass is 542 g/mol. The summed E-state index contributed by atoms with van der Waals surface area (Å²) in [5.41, 5.74) is -0.365. The summed E-state index contributed by atoms with van der Waals surface area (Å²) in [5, 5.41) is -0.340. The number of sulfonamides is 1. The van der Waals surface area contributed by atoms with Gasteiger partial charge >= 0.3 is 6.09 Å². The van der Waals surface area contributed by atoms with E-state index in [4.69, 9.17) is 16.3 Å². The molecule has 7 nitrogen and oxygen atoms in total. The van der Waals surface area contributed by atoms with Crippen LogP contribution in [-0.2, 0) is 14.8 Å². The normalized spacial score (nSPS) is 16.6. The van der Waals surface area contributed by atoms with Crippen molar-refractivity contribution in [1.29, 1.82) is 0 Å². The lowest BCUT2D eigenvalue weighted by atomic mass is 10.0. The molecule has 1 N–H and O–H groups in total. The van der Waals surface area contributed by atoms with Gasteiger partial charge < -0.3 is 9.64 Å². The summed E-state index contributed by atoms with van der Waals surface area (Å²) >= 11 is 5.95. The molecular weight excluding hydrogens is 514 g/mol. The van der Waals surface area contributed by atoms with Gasteiger partial charge in [-0.1, -0.05) is 23.7 Å². The van der Waals surface area contributed by atoms with Crippen molar-refractivity contribution in [2.45, 2.75) is 39.2 Å². The van der Waals surface area contributed by atoms with E-state index in [0.717, 1.165) is 0 Å². The second kappa shape index (κ2) is 11.2. The molecule has 1 atom stereocenters. The van der Waals surface area contributed by atoms with E-state index in [1.165, 1.54) is 35.2 Å². The molecule has 0 aliphatic carbocycles. The van der Waals surface area contributed by atoms with Crippen molar-refractivity contribution >= 4 is 33.5 Å². The second-order valence-corrected chi connectivity index (χ2v) is 12.0. The number of Topliss-reactive ketones (excluding diaryl/α,β-unsaturated/α-hetero) is 1. The quantitative estimate of drug-likeness (QED) is 0.495. The fourth-order valence-electron chi connectivity index (χ4n) is 3.96. The topological polar surface area (TPSA) is 92.8 Å². The van der Waals surface area contributed by atoms with Gasteiger partial charge in [0, 0.05) is 13.1 Å². The van der Waals surface area contributed by atoms with E-state index in [1.54, 1.807) is 26.8 Å². The molecule has 1 unspecified atom stereocenters. The molecule has 2 aromatic carbocycles. The molecule has 1 heterocycles. The maximum Gasteiger partial charge on any atom is 0.410 e. The molecule has 2 aromatic rings. The number of hydrogen-bond donors (Lipinski definition) is 1. The number of nitrogens with one attached hydrogen (secondary N) is 1. The lowest BCUT2D eigenvalue weighted by Gasteiger charge is -2.34. The van der Waals surface area contributed by atoms with Crippen molar-refractivity contribution in [2.75, 3.05) is 25.4 Å². The first-order valence-electron chi connectivity index (χ1n) is 11.5. The van der Waals surface area contributed by atoms with Crippen molar-refractivity contribution in [3.8, 4) is 11.1 Å². The number of halogens is 3. The number of benzene rings is 2. The predicted octanol–water partition coefficient (Wildman–Crippen LogP) is 5.03. The highest BCUT2D eigenvalue weighted by atomic mass is 35.5. The smallest absolute Gasteiger partial charge is 0.410 e. The standard InChI is InChI=1S/C25H29ClF2N2O5S/c1-25(2,3)35-24(32)30-9-5-6-16(14-30)15-36(33,34)29-13-22(31)20-11-18(12-21(26)23(20)28)17-7-4-8-19(27)10-17/h4,7-8,10-12,16,29H,5-6,9,13-15H2,1-3H3. The number of ketones is 1. The van der Waals surface area contributed by atoms with Crippen molar-refractivity contribution in [3.05, 3.63) is 58.6 Å². The van der Waals surface area contributed by atoms with Crippen LogP contribution in [0.3, 0.4) is 0 Å². The fourth-order valence-corrected chi connectivity index (χ4v) is 5.54. The molecule has 1 aliphatic heterocycles. The SMILES string of the molecule is CC(C)(C)OC(=O)N1CCCC(CS(=O)(=O)NCC(=O)c2cc(-c3cccc(F)c3)cc(Cl)c2F)C1. The van der Waals surface area contributed by atoms with Gasteiger partial charge in [0.1, 0.15) is 11.4 Å². The third-order valence-corrected chi connectivity index (χ3v) is 7.33. The van der Waals surface area contributed by atoms with E-state index in [9.17, 15) is 26.8 Å². The van der Waals surface area contributed by atoms with Gasteiger partial charge in [-0.25, -0.2) is 26.7 Å². The minimum atomic E-state index is -3.91. The van der Waals surface area contributed by atoms with Gasteiger partial charge in [-0.15, -0.1) is 0 Å². The third-order valence-electron chi connectivity index (χ3n) is 5.57. The summed E-state index contributed by atoms with van der Waals surface area (Å²) in [7, 11) is -3.91. The fraction of sp³-hybridized carbons (Fsp3) is 0.440. The van der Waals surface area contributed by atoms with E-state index in [0.29, 0.717) is 30.5 Å². The number of nitrogens with zero attached hydrogens (tertiary/aromatic N) is 1. The Balaban J connectivity index is 1.65. The van der Waals surface area contributed by atoms with Crippen LogP contribution in [0.5, 0.6) is 0 Å². The highest BCUT2D eigenvalue weighted by Gasteiger charge is 2.30. The molecule has 1 aliphatic rings. The van der Waals surface area contributed by atoms with E-state index in [1.807, 2.05) is 0 Å². The molecule has 0 spiro atoms.